The highest BCUT2D eigenvalue weighted by Crippen LogP contribution is 2.22. The Morgan fingerprint density at radius 3 is 2.38 bits per heavy atom. The molecule has 2 aromatic rings. The summed E-state index contributed by atoms with van der Waals surface area (Å²) in [5.74, 6) is -1.48. The lowest BCUT2D eigenvalue weighted by molar-refractivity contribution is -0.131. The fraction of sp³-hybridized carbons (Fsp3) is 0.368. The first-order valence-electron chi connectivity index (χ1n) is 9.34. The van der Waals surface area contributed by atoms with Crippen LogP contribution in [0, 0.1) is 11.6 Å². The highest BCUT2D eigenvalue weighted by Gasteiger charge is 2.33. The van der Waals surface area contributed by atoms with Crippen LogP contribution < -0.4 is 9.80 Å². The molecule has 10 heteroatoms. The van der Waals surface area contributed by atoms with Gasteiger partial charge in [0.05, 0.1) is 0 Å². The van der Waals surface area contributed by atoms with E-state index in [1.807, 2.05) is 4.90 Å². The molecule has 2 saturated heterocycles. The van der Waals surface area contributed by atoms with Crippen molar-refractivity contribution in [2.45, 2.75) is 0 Å². The number of halogens is 2. The minimum atomic E-state index is -1.01. The van der Waals surface area contributed by atoms with Gasteiger partial charge >= 0.3 is 6.03 Å². The SMILES string of the molecule is O=C(CN1CCN(c2ccc(F)c(F)c2)C1=O)N1CCN(c2ncccn2)CC1. The summed E-state index contributed by atoms with van der Waals surface area (Å²) in [6.07, 6.45) is 3.36. The Morgan fingerprint density at radius 2 is 1.69 bits per heavy atom. The van der Waals surface area contributed by atoms with Gasteiger partial charge in [-0.15, -0.1) is 0 Å². The van der Waals surface area contributed by atoms with Crippen molar-refractivity contribution in [3.05, 3.63) is 48.3 Å². The lowest BCUT2D eigenvalue weighted by Crippen LogP contribution is -2.52. The highest BCUT2D eigenvalue weighted by molar-refractivity contribution is 5.96. The molecular formula is C19H20F2N6O2. The maximum atomic E-state index is 13.5. The Hall–Kier alpha value is -3.30. The van der Waals surface area contributed by atoms with Crippen LogP contribution in [0.1, 0.15) is 0 Å². The molecule has 4 rings (SSSR count). The molecule has 0 saturated carbocycles. The van der Waals surface area contributed by atoms with E-state index < -0.39 is 11.6 Å². The average Bonchev–Trinajstić information content (AvgIpc) is 3.11. The van der Waals surface area contributed by atoms with E-state index in [2.05, 4.69) is 9.97 Å². The molecule has 0 aliphatic carbocycles. The molecule has 29 heavy (non-hydrogen) atoms. The number of carbonyl (C=O) groups is 2. The van der Waals surface area contributed by atoms with Crippen LogP contribution >= 0.6 is 0 Å². The Labute approximate surface area is 166 Å². The molecule has 0 atom stereocenters. The van der Waals surface area contributed by atoms with Gasteiger partial charge in [0.1, 0.15) is 6.54 Å². The fourth-order valence-corrected chi connectivity index (χ4v) is 3.50. The van der Waals surface area contributed by atoms with Crippen molar-refractivity contribution in [2.75, 3.05) is 55.6 Å². The van der Waals surface area contributed by atoms with Crippen molar-refractivity contribution in [3.63, 3.8) is 0 Å². The van der Waals surface area contributed by atoms with Gasteiger partial charge in [0.2, 0.25) is 11.9 Å². The van der Waals surface area contributed by atoms with Crippen LogP contribution in [-0.2, 0) is 4.79 Å². The summed E-state index contributed by atoms with van der Waals surface area (Å²) in [6, 6.07) is 4.69. The standard InChI is InChI=1S/C19H20F2N6O2/c20-15-3-2-14(12-16(15)21)27-11-10-26(19(27)29)13-17(28)24-6-8-25(9-7-24)18-22-4-1-5-23-18/h1-5,12H,6-11,13H2. The number of urea groups is 1. The van der Waals surface area contributed by atoms with Crippen LogP contribution in [0.2, 0.25) is 0 Å². The van der Waals surface area contributed by atoms with Gasteiger partial charge in [-0.25, -0.2) is 23.5 Å². The van der Waals surface area contributed by atoms with Crippen LogP contribution in [0.25, 0.3) is 0 Å². The topological polar surface area (TPSA) is 72.9 Å². The molecule has 0 radical (unpaired) electrons. The predicted octanol–water partition coefficient (Wildman–Crippen LogP) is 1.35. The first-order valence-corrected chi connectivity index (χ1v) is 9.34. The highest BCUT2D eigenvalue weighted by atomic mass is 19.2. The number of benzene rings is 1. The molecular weight excluding hydrogens is 382 g/mol. The van der Waals surface area contributed by atoms with E-state index in [9.17, 15) is 18.4 Å². The van der Waals surface area contributed by atoms with E-state index in [4.69, 9.17) is 0 Å². The van der Waals surface area contributed by atoms with Crippen LogP contribution in [0.15, 0.2) is 36.7 Å². The summed E-state index contributed by atoms with van der Waals surface area (Å²) in [6.45, 7) is 2.89. The van der Waals surface area contributed by atoms with E-state index in [1.54, 1.807) is 23.4 Å². The van der Waals surface area contributed by atoms with Gasteiger partial charge in [0, 0.05) is 63.4 Å². The third kappa shape index (κ3) is 3.96. The van der Waals surface area contributed by atoms with Crippen molar-refractivity contribution in [1.82, 2.24) is 19.8 Å². The molecule has 3 heterocycles. The maximum absolute atomic E-state index is 13.5. The molecule has 152 valence electrons. The molecule has 1 aromatic carbocycles. The Bertz CT molecular complexity index is 905. The van der Waals surface area contributed by atoms with Gasteiger partial charge < -0.3 is 14.7 Å². The average molecular weight is 402 g/mol. The van der Waals surface area contributed by atoms with E-state index >= 15 is 0 Å². The summed E-state index contributed by atoms with van der Waals surface area (Å²) in [7, 11) is 0. The van der Waals surface area contributed by atoms with Crippen LogP contribution in [0.5, 0.6) is 0 Å². The van der Waals surface area contributed by atoms with Crippen LogP contribution in [-0.4, -0.2) is 77.5 Å². The molecule has 0 unspecified atom stereocenters. The van der Waals surface area contributed by atoms with Crippen LogP contribution in [0.4, 0.5) is 25.2 Å². The Morgan fingerprint density at radius 1 is 0.966 bits per heavy atom. The van der Waals surface area contributed by atoms with Crippen molar-refractivity contribution in [1.29, 1.82) is 0 Å². The van der Waals surface area contributed by atoms with Gasteiger partial charge in [-0.1, -0.05) is 0 Å². The summed E-state index contributed by atoms with van der Waals surface area (Å²) in [5.41, 5.74) is 0.278. The fourth-order valence-electron chi connectivity index (χ4n) is 3.50. The smallest absolute Gasteiger partial charge is 0.325 e. The number of hydrogen-bond acceptors (Lipinski definition) is 5. The number of anilines is 2. The second-order valence-corrected chi connectivity index (χ2v) is 6.87. The molecule has 0 spiro atoms. The van der Waals surface area contributed by atoms with E-state index in [0.717, 1.165) is 12.1 Å². The van der Waals surface area contributed by atoms with E-state index in [-0.39, 0.29) is 24.2 Å². The molecule has 2 aliphatic heterocycles. The number of hydrogen-bond donors (Lipinski definition) is 0. The zero-order valence-corrected chi connectivity index (χ0v) is 15.7. The Balaban J connectivity index is 1.32. The molecule has 3 amide bonds. The third-order valence-corrected chi connectivity index (χ3v) is 5.10. The molecule has 2 aliphatic rings. The molecule has 2 fully saturated rings. The van der Waals surface area contributed by atoms with Gasteiger partial charge in [-0.2, -0.15) is 0 Å². The third-order valence-electron chi connectivity index (χ3n) is 5.10. The second kappa shape index (κ2) is 7.98. The zero-order valence-electron chi connectivity index (χ0n) is 15.7. The normalized spacial score (nSPS) is 17.2. The second-order valence-electron chi connectivity index (χ2n) is 6.87. The minimum absolute atomic E-state index is 0.0408. The van der Waals surface area contributed by atoms with Crippen molar-refractivity contribution in [2.24, 2.45) is 0 Å². The largest absolute Gasteiger partial charge is 0.338 e. The zero-order chi connectivity index (χ0) is 20.4. The summed E-state index contributed by atoms with van der Waals surface area (Å²) in [4.78, 5) is 40.2. The van der Waals surface area contributed by atoms with Crippen molar-refractivity contribution >= 4 is 23.6 Å². The van der Waals surface area contributed by atoms with Gasteiger partial charge in [0.15, 0.2) is 11.6 Å². The van der Waals surface area contributed by atoms with Crippen molar-refractivity contribution in [3.8, 4) is 0 Å². The summed E-state index contributed by atoms with van der Waals surface area (Å²) in [5, 5.41) is 0. The number of carbonyl (C=O) groups excluding carboxylic acids is 2. The quantitative estimate of drug-likeness (QED) is 0.772. The summed E-state index contributed by atoms with van der Waals surface area (Å²) >= 11 is 0. The maximum Gasteiger partial charge on any atom is 0.325 e. The number of amides is 3. The number of piperazine rings is 1. The monoisotopic (exact) mass is 402 g/mol. The summed E-state index contributed by atoms with van der Waals surface area (Å²) < 4.78 is 26.6. The lowest BCUT2D eigenvalue weighted by atomic mass is 10.3. The Kier molecular flexibility index (Phi) is 5.24. The number of aromatic nitrogens is 2. The van der Waals surface area contributed by atoms with Crippen molar-refractivity contribution < 1.29 is 18.4 Å². The number of rotatable bonds is 4. The van der Waals surface area contributed by atoms with E-state index in [1.165, 1.54) is 15.9 Å². The molecule has 8 nitrogen and oxygen atoms in total. The van der Waals surface area contributed by atoms with Crippen LogP contribution in [0.3, 0.4) is 0 Å². The first kappa shape index (κ1) is 19.0. The molecule has 0 N–H and O–H groups in total. The number of nitrogens with zero attached hydrogens (tertiary/aromatic N) is 6. The minimum Gasteiger partial charge on any atom is -0.338 e. The van der Waals surface area contributed by atoms with Gasteiger partial charge in [0.25, 0.3) is 0 Å². The van der Waals surface area contributed by atoms with Gasteiger partial charge in [-0.3, -0.25) is 9.69 Å². The van der Waals surface area contributed by atoms with E-state index in [0.29, 0.717) is 45.2 Å². The lowest BCUT2D eigenvalue weighted by Gasteiger charge is -2.35. The first-order chi connectivity index (χ1) is 14.0. The molecule has 1 aromatic heterocycles. The predicted molar refractivity (Wildman–Crippen MR) is 101 cm³/mol. The molecule has 0 bridgehead atoms. The van der Waals surface area contributed by atoms with Gasteiger partial charge in [-0.05, 0) is 18.2 Å².